The first kappa shape index (κ1) is 19.4. The lowest BCUT2D eigenvalue weighted by atomic mass is 10.0. The summed E-state index contributed by atoms with van der Waals surface area (Å²) in [6.07, 6.45) is -2.46. The summed E-state index contributed by atoms with van der Waals surface area (Å²) >= 11 is 0. The number of nitrogens with zero attached hydrogens (tertiary/aromatic N) is 3. The molecule has 1 saturated heterocycles. The normalized spacial score (nSPS) is 18.5. The molecule has 0 saturated carbocycles. The molecule has 0 unspecified atom stereocenters. The third kappa shape index (κ3) is 4.16. The second-order valence-corrected chi connectivity index (χ2v) is 7.11. The zero-order valence-electron chi connectivity index (χ0n) is 15.6. The number of halogens is 3. The summed E-state index contributed by atoms with van der Waals surface area (Å²) in [7, 11) is 2.05. The van der Waals surface area contributed by atoms with Crippen LogP contribution < -0.4 is 5.32 Å². The van der Waals surface area contributed by atoms with Gasteiger partial charge in [-0.1, -0.05) is 0 Å². The van der Waals surface area contributed by atoms with Crippen LogP contribution in [0.5, 0.6) is 5.75 Å². The number of hydrogen-bond acceptors (Lipinski definition) is 5. The van der Waals surface area contributed by atoms with E-state index in [2.05, 4.69) is 27.5 Å². The second-order valence-electron chi connectivity index (χ2n) is 7.11. The Bertz CT molecular complexity index is 838. The van der Waals surface area contributed by atoms with Crippen LogP contribution in [-0.4, -0.2) is 46.4 Å². The summed E-state index contributed by atoms with van der Waals surface area (Å²) in [6.45, 7) is 5.62. The molecule has 1 aromatic carbocycles. The molecule has 3 rings (SSSR count). The zero-order chi connectivity index (χ0) is 19.8. The van der Waals surface area contributed by atoms with Crippen molar-refractivity contribution in [2.24, 2.45) is 0 Å². The van der Waals surface area contributed by atoms with Gasteiger partial charge in [-0.2, -0.15) is 18.3 Å². The Morgan fingerprint density at radius 2 is 1.96 bits per heavy atom. The molecule has 0 bridgehead atoms. The molecule has 146 valence electrons. The maximum atomic E-state index is 12.9. The number of rotatable bonds is 3. The highest BCUT2D eigenvalue weighted by molar-refractivity contribution is 5.80. The Morgan fingerprint density at radius 1 is 1.22 bits per heavy atom. The quantitative estimate of drug-likeness (QED) is 0.843. The Balaban J connectivity index is 2.02. The van der Waals surface area contributed by atoms with Gasteiger partial charge >= 0.3 is 6.18 Å². The van der Waals surface area contributed by atoms with E-state index in [4.69, 9.17) is 0 Å². The fourth-order valence-corrected chi connectivity index (χ4v) is 3.37. The van der Waals surface area contributed by atoms with E-state index < -0.39 is 17.5 Å². The van der Waals surface area contributed by atoms with E-state index in [0.29, 0.717) is 11.4 Å². The number of phenols is 1. The maximum Gasteiger partial charge on any atom is 0.416 e. The number of hydrogen-bond donors (Lipinski definition) is 2. The molecule has 1 aliphatic rings. The van der Waals surface area contributed by atoms with E-state index in [9.17, 15) is 18.3 Å². The van der Waals surface area contributed by atoms with Gasteiger partial charge in [0.25, 0.3) is 0 Å². The molecule has 2 heterocycles. The maximum absolute atomic E-state index is 12.9. The minimum Gasteiger partial charge on any atom is -0.507 e. The Hall–Kier alpha value is -2.35. The molecule has 1 fully saturated rings. The lowest BCUT2D eigenvalue weighted by molar-refractivity contribution is -0.137. The summed E-state index contributed by atoms with van der Waals surface area (Å²) in [5.74, 6) is -0.466. The Kier molecular flexibility index (Phi) is 5.28. The smallest absolute Gasteiger partial charge is 0.416 e. The van der Waals surface area contributed by atoms with Crippen molar-refractivity contribution in [3.8, 4) is 17.0 Å². The lowest BCUT2D eigenvalue weighted by Crippen LogP contribution is -2.40. The lowest BCUT2D eigenvalue weighted by Gasteiger charge is -2.32. The van der Waals surface area contributed by atoms with Crippen molar-refractivity contribution in [1.29, 1.82) is 0 Å². The molecule has 0 spiro atoms. The summed E-state index contributed by atoms with van der Waals surface area (Å²) in [5, 5.41) is 22.0. The van der Waals surface area contributed by atoms with Crippen LogP contribution in [0.1, 0.15) is 29.7 Å². The van der Waals surface area contributed by atoms with Crippen molar-refractivity contribution in [2.75, 3.05) is 25.5 Å². The van der Waals surface area contributed by atoms with Crippen LogP contribution in [-0.2, 0) is 6.18 Å². The first-order chi connectivity index (χ1) is 12.7. The SMILES string of the molecule is Cc1nnc(-c2ccc(C(F)(F)F)cc2O)c(N[C@@H]2CCCN(C)C2)c1C. The average molecular weight is 380 g/mol. The van der Waals surface area contributed by atoms with Gasteiger partial charge in [0.05, 0.1) is 16.9 Å². The van der Waals surface area contributed by atoms with Gasteiger partial charge in [-0.25, -0.2) is 0 Å². The molecular weight excluding hydrogens is 357 g/mol. The number of benzene rings is 1. The molecule has 2 aromatic rings. The second kappa shape index (κ2) is 7.34. The highest BCUT2D eigenvalue weighted by atomic mass is 19.4. The van der Waals surface area contributed by atoms with Crippen molar-refractivity contribution >= 4 is 5.69 Å². The number of nitrogens with one attached hydrogen (secondary N) is 1. The van der Waals surface area contributed by atoms with E-state index in [1.165, 1.54) is 6.07 Å². The number of anilines is 1. The van der Waals surface area contributed by atoms with Gasteiger partial charge < -0.3 is 15.3 Å². The summed E-state index contributed by atoms with van der Waals surface area (Å²) in [4.78, 5) is 2.23. The molecule has 0 radical (unpaired) electrons. The molecule has 8 heteroatoms. The van der Waals surface area contributed by atoms with Crippen LogP contribution in [0.2, 0.25) is 0 Å². The number of aryl methyl sites for hydroxylation is 1. The van der Waals surface area contributed by atoms with E-state index in [1.807, 2.05) is 13.8 Å². The fourth-order valence-electron chi connectivity index (χ4n) is 3.37. The molecule has 0 aliphatic carbocycles. The minimum atomic E-state index is -4.52. The number of aromatic hydroxyl groups is 1. The number of piperidine rings is 1. The average Bonchev–Trinajstić information content (AvgIpc) is 2.59. The molecule has 1 aromatic heterocycles. The van der Waals surface area contributed by atoms with Gasteiger partial charge in [0.2, 0.25) is 0 Å². The van der Waals surface area contributed by atoms with Crippen molar-refractivity contribution in [2.45, 2.75) is 38.9 Å². The summed E-state index contributed by atoms with van der Waals surface area (Å²) in [6, 6.07) is 3.12. The van der Waals surface area contributed by atoms with E-state index in [1.54, 1.807) is 0 Å². The van der Waals surface area contributed by atoms with Crippen molar-refractivity contribution in [1.82, 2.24) is 15.1 Å². The minimum absolute atomic E-state index is 0.196. The van der Waals surface area contributed by atoms with E-state index in [-0.39, 0.29) is 11.6 Å². The van der Waals surface area contributed by atoms with Crippen LogP contribution in [0.3, 0.4) is 0 Å². The number of likely N-dealkylation sites (tertiary alicyclic amines) is 1. The molecule has 0 amide bonds. The van der Waals surface area contributed by atoms with Crippen LogP contribution in [0.15, 0.2) is 18.2 Å². The molecule has 27 heavy (non-hydrogen) atoms. The van der Waals surface area contributed by atoms with Gasteiger partial charge in [-0.05, 0) is 64.0 Å². The summed E-state index contributed by atoms with van der Waals surface area (Å²) in [5.41, 5.74) is 1.99. The Morgan fingerprint density at radius 3 is 2.59 bits per heavy atom. The van der Waals surface area contributed by atoms with E-state index >= 15 is 0 Å². The van der Waals surface area contributed by atoms with Crippen LogP contribution in [0.4, 0.5) is 18.9 Å². The fraction of sp³-hybridized carbons (Fsp3) is 0.474. The molecule has 5 nitrogen and oxygen atoms in total. The first-order valence-electron chi connectivity index (χ1n) is 8.86. The predicted octanol–water partition coefficient (Wildman–Crippen LogP) is 3.99. The van der Waals surface area contributed by atoms with Crippen molar-refractivity contribution < 1.29 is 18.3 Å². The topological polar surface area (TPSA) is 61.3 Å². The zero-order valence-corrected chi connectivity index (χ0v) is 15.6. The number of phenolic OH excluding ortho intramolecular Hbond substituents is 1. The third-order valence-electron chi connectivity index (χ3n) is 5.01. The van der Waals surface area contributed by atoms with Gasteiger partial charge in [-0.3, -0.25) is 0 Å². The highest BCUT2D eigenvalue weighted by Gasteiger charge is 2.31. The number of alkyl halides is 3. The predicted molar refractivity (Wildman–Crippen MR) is 97.8 cm³/mol. The van der Waals surface area contributed by atoms with Crippen LogP contribution in [0, 0.1) is 13.8 Å². The highest BCUT2D eigenvalue weighted by Crippen LogP contribution is 2.39. The molecule has 1 aliphatic heterocycles. The molecule has 1 atom stereocenters. The number of aromatic nitrogens is 2. The molecule has 2 N–H and O–H groups in total. The van der Waals surface area contributed by atoms with Gasteiger partial charge in [0, 0.05) is 18.2 Å². The van der Waals surface area contributed by atoms with Gasteiger partial charge in [0.1, 0.15) is 11.4 Å². The summed E-state index contributed by atoms with van der Waals surface area (Å²) < 4.78 is 38.7. The van der Waals surface area contributed by atoms with Gasteiger partial charge in [-0.15, -0.1) is 5.10 Å². The van der Waals surface area contributed by atoms with Gasteiger partial charge in [0.15, 0.2) is 0 Å². The molecular formula is C19H23F3N4O. The van der Waals surface area contributed by atoms with Crippen LogP contribution >= 0.6 is 0 Å². The van der Waals surface area contributed by atoms with Crippen LogP contribution in [0.25, 0.3) is 11.3 Å². The third-order valence-corrected chi connectivity index (χ3v) is 5.01. The number of likely N-dealkylation sites (N-methyl/N-ethyl adjacent to an activating group) is 1. The Labute approximate surface area is 156 Å². The van der Waals surface area contributed by atoms with Crippen molar-refractivity contribution in [3.05, 3.63) is 35.0 Å². The first-order valence-corrected chi connectivity index (χ1v) is 8.86. The van der Waals surface area contributed by atoms with Crippen molar-refractivity contribution in [3.63, 3.8) is 0 Å². The largest absolute Gasteiger partial charge is 0.507 e. The monoisotopic (exact) mass is 380 g/mol. The van der Waals surface area contributed by atoms with E-state index in [0.717, 1.165) is 49.3 Å². The standard InChI is InChI=1S/C19H23F3N4O/c1-11-12(2)24-25-18(17(11)23-14-5-4-8-26(3)10-14)15-7-6-13(9-16(15)27)19(20,21)22/h6-7,9,14,27H,4-5,8,10H2,1-3H3,(H,23,24)/t14-/m1/s1.